The monoisotopic (exact) mass is 728 g/mol. The topological polar surface area (TPSA) is 142 Å². The zero-order chi connectivity index (χ0) is 36.0. The molecule has 3 aromatic rings. The summed E-state index contributed by atoms with van der Waals surface area (Å²) < 4.78 is 75.8. The van der Waals surface area contributed by atoms with Gasteiger partial charge in [-0.25, -0.2) is 17.6 Å². The van der Waals surface area contributed by atoms with E-state index in [0.29, 0.717) is 36.9 Å². The fraction of sp³-hybridized carbons (Fsp3) is 0.486. The van der Waals surface area contributed by atoms with Crippen LogP contribution in [0.5, 0.6) is 17.2 Å². The lowest BCUT2D eigenvalue weighted by Crippen LogP contribution is -2.51. The van der Waals surface area contributed by atoms with E-state index < -0.39 is 40.7 Å². The maximum atomic E-state index is 13.9. The third-order valence-corrected chi connectivity index (χ3v) is 11.0. The first-order valence-electron chi connectivity index (χ1n) is 17.3. The molecule has 3 aliphatic heterocycles. The second-order valence-corrected chi connectivity index (χ2v) is 15.4. The summed E-state index contributed by atoms with van der Waals surface area (Å²) in [5.74, 6) is 1.03. The molecule has 0 unspecified atom stereocenters. The van der Waals surface area contributed by atoms with E-state index in [9.17, 15) is 22.7 Å². The minimum Gasteiger partial charge on any atom is -0.494 e. The largest absolute Gasteiger partial charge is 0.494 e. The van der Waals surface area contributed by atoms with Crippen molar-refractivity contribution in [2.45, 2.75) is 69.0 Å². The summed E-state index contributed by atoms with van der Waals surface area (Å²) in [6, 6.07) is 17.2. The van der Waals surface area contributed by atoms with Crippen molar-refractivity contribution in [3.63, 3.8) is 0 Å². The van der Waals surface area contributed by atoms with E-state index in [2.05, 4.69) is 5.32 Å². The molecule has 2 fully saturated rings. The van der Waals surface area contributed by atoms with Crippen LogP contribution in [-0.2, 0) is 37.1 Å². The summed E-state index contributed by atoms with van der Waals surface area (Å²) in [7, 11) is -4.08. The maximum absolute atomic E-state index is 13.9. The normalized spacial score (nSPS) is 20.7. The number of aryl methyl sites for hydroxylation is 1. The van der Waals surface area contributed by atoms with Crippen LogP contribution in [0, 0.1) is 17.7 Å². The molecule has 2 N–H and O–H groups in total. The second-order valence-electron chi connectivity index (χ2n) is 13.4. The van der Waals surface area contributed by atoms with E-state index >= 15 is 0 Å². The minimum atomic E-state index is -4.08. The summed E-state index contributed by atoms with van der Waals surface area (Å²) in [5, 5.41) is 14.5. The van der Waals surface area contributed by atoms with Gasteiger partial charge in [0.15, 0.2) is 17.8 Å². The van der Waals surface area contributed by atoms with Gasteiger partial charge in [0.1, 0.15) is 17.7 Å². The number of rotatable bonds is 16. The van der Waals surface area contributed by atoms with Gasteiger partial charge in [-0.1, -0.05) is 38.1 Å². The van der Waals surface area contributed by atoms with Crippen molar-refractivity contribution in [1.82, 2.24) is 9.62 Å². The first-order valence-corrected chi connectivity index (χ1v) is 18.7. The van der Waals surface area contributed by atoms with Crippen LogP contribution in [0.2, 0.25) is 0 Å². The quantitative estimate of drug-likeness (QED) is 0.200. The number of hydrogen-bond donors (Lipinski definition) is 2. The number of carbonyl (C=O) groups is 1. The Labute approximate surface area is 297 Å². The van der Waals surface area contributed by atoms with Crippen molar-refractivity contribution in [3.05, 3.63) is 83.7 Å². The van der Waals surface area contributed by atoms with Gasteiger partial charge < -0.3 is 38.8 Å². The van der Waals surface area contributed by atoms with Crippen LogP contribution in [0.3, 0.4) is 0 Å². The number of aliphatic hydroxyl groups excluding tert-OH is 1. The number of benzene rings is 3. The first-order chi connectivity index (χ1) is 24.5. The number of hydrogen-bond acceptors (Lipinski definition) is 10. The number of carbonyl (C=O) groups excluding carboxylic acids is 1. The van der Waals surface area contributed by atoms with Crippen LogP contribution in [0.25, 0.3) is 0 Å². The number of sulfonamides is 1. The Bertz CT molecular complexity index is 1720. The Morgan fingerprint density at radius 3 is 2.51 bits per heavy atom. The summed E-state index contributed by atoms with van der Waals surface area (Å²) in [4.78, 5) is 13.3. The fourth-order valence-electron chi connectivity index (χ4n) is 6.45. The van der Waals surface area contributed by atoms with Gasteiger partial charge in [0.2, 0.25) is 16.8 Å². The van der Waals surface area contributed by atoms with E-state index in [1.165, 1.54) is 28.6 Å². The molecule has 0 radical (unpaired) electrons. The molecule has 0 aromatic heterocycles. The lowest BCUT2D eigenvalue weighted by atomic mass is 10.0. The van der Waals surface area contributed by atoms with Crippen LogP contribution >= 0.6 is 0 Å². The molecule has 1 amide bonds. The number of halogens is 1. The van der Waals surface area contributed by atoms with Crippen molar-refractivity contribution in [2.24, 2.45) is 11.8 Å². The molecule has 2 saturated heterocycles. The Balaban J connectivity index is 1.13. The van der Waals surface area contributed by atoms with Gasteiger partial charge in [-0.15, -0.1) is 0 Å². The van der Waals surface area contributed by atoms with Crippen LogP contribution in [-0.4, -0.2) is 88.2 Å². The average molecular weight is 729 g/mol. The van der Waals surface area contributed by atoms with Gasteiger partial charge in [-0.2, -0.15) is 4.31 Å². The van der Waals surface area contributed by atoms with E-state index in [1.54, 1.807) is 30.3 Å². The van der Waals surface area contributed by atoms with E-state index in [0.717, 1.165) is 24.0 Å². The summed E-state index contributed by atoms with van der Waals surface area (Å²) in [6.45, 7) is 4.80. The highest BCUT2D eigenvalue weighted by Gasteiger charge is 2.44. The Morgan fingerprint density at radius 1 is 1.00 bits per heavy atom. The predicted molar refractivity (Wildman–Crippen MR) is 184 cm³/mol. The van der Waals surface area contributed by atoms with E-state index in [4.69, 9.17) is 28.4 Å². The summed E-state index contributed by atoms with van der Waals surface area (Å²) in [5.41, 5.74) is 1.80. The van der Waals surface area contributed by atoms with Crippen LogP contribution in [0.15, 0.2) is 71.6 Å². The first kappa shape index (κ1) is 36.8. The SMILES string of the molecule is CC(C)CN(C[C@@H](O)[C@H](Cc1ccc(OCCCc2ccc(F)cc2)cc1)NC(=O)O[C@H]1CO[C@H]2OCC[C@H]21)S(=O)(=O)c1ccc2c(c1)OCO2. The van der Waals surface area contributed by atoms with Crippen LogP contribution < -0.4 is 19.5 Å². The number of alkyl carbamates (subject to hydrolysis) is 1. The molecule has 0 bridgehead atoms. The predicted octanol–water partition coefficient (Wildman–Crippen LogP) is 4.67. The zero-order valence-corrected chi connectivity index (χ0v) is 29.6. The number of nitrogens with one attached hydrogen (secondary N) is 1. The molecule has 6 rings (SSSR count). The average Bonchev–Trinajstić information content (AvgIpc) is 3.86. The van der Waals surface area contributed by atoms with E-state index in [-0.39, 0.29) is 55.5 Å². The number of ether oxygens (including phenoxy) is 6. The van der Waals surface area contributed by atoms with Crippen molar-refractivity contribution >= 4 is 16.1 Å². The standard InChI is InChI=1S/C37H45FN2O10S/c1-24(2)20-40(51(43,44)29-13-14-33-34(19-29)49-23-48-33)21-32(41)31(39-37(42)50-35-22-47-36-30(35)15-17-46-36)18-26-7-11-28(12-8-26)45-16-3-4-25-5-9-27(38)10-6-25/h5-14,19,24,30-32,35-36,41H,3-4,15-18,20-23H2,1-2H3,(H,39,42)/t30-,31-,32+,35-,36+/m0/s1. The molecule has 51 heavy (non-hydrogen) atoms. The molecule has 14 heteroatoms. The van der Waals surface area contributed by atoms with Crippen molar-refractivity contribution in [3.8, 4) is 17.2 Å². The van der Waals surface area contributed by atoms with E-state index in [1.807, 2.05) is 26.0 Å². The Kier molecular flexibility index (Phi) is 12.0. The zero-order valence-electron chi connectivity index (χ0n) is 28.7. The highest BCUT2D eigenvalue weighted by atomic mass is 32.2. The van der Waals surface area contributed by atoms with Gasteiger partial charge in [-0.05, 0) is 79.1 Å². The second kappa shape index (κ2) is 16.6. The number of amides is 1. The number of nitrogens with zero attached hydrogens (tertiary/aromatic N) is 1. The number of aliphatic hydroxyl groups is 1. The third kappa shape index (κ3) is 9.49. The van der Waals surface area contributed by atoms with Crippen molar-refractivity contribution in [1.29, 1.82) is 0 Å². The maximum Gasteiger partial charge on any atom is 0.407 e. The van der Waals surface area contributed by atoms with Gasteiger partial charge in [-0.3, -0.25) is 0 Å². The molecule has 0 spiro atoms. The molecular weight excluding hydrogens is 683 g/mol. The van der Waals surface area contributed by atoms with Gasteiger partial charge in [0.25, 0.3) is 0 Å². The molecule has 12 nitrogen and oxygen atoms in total. The molecular formula is C37H45FN2O10S. The van der Waals surface area contributed by atoms with Gasteiger partial charge in [0, 0.05) is 19.2 Å². The fourth-order valence-corrected chi connectivity index (χ4v) is 8.08. The molecule has 5 atom stereocenters. The van der Waals surface area contributed by atoms with Gasteiger partial charge >= 0.3 is 6.09 Å². The van der Waals surface area contributed by atoms with Crippen molar-refractivity contribution in [2.75, 3.05) is 39.7 Å². The summed E-state index contributed by atoms with van der Waals surface area (Å²) >= 11 is 0. The van der Waals surface area contributed by atoms with Crippen molar-refractivity contribution < 1.29 is 51.1 Å². The highest BCUT2D eigenvalue weighted by Crippen LogP contribution is 2.35. The highest BCUT2D eigenvalue weighted by molar-refractivity contribution is 7.89. The molecule has 3 aromatic carbocycles. The molecule has 276 valence electrons. The minimum absolute atomic E-state index is 0.00272. The Hall–Kier alpha value is -3.95. The van der Waals surface area contributed by atoms with Crippen LogP contribution in [0.1, 0.15) is 37.8 Å². The van der Waals surface area contributed by atoms with Crippen LogP contribution in [0.4, 0.5) is 9.18 Å². The number of fused-ring (bicyclic) bond motifs is 2. The molecule has 3 aliphatic rings. The molecule has 3 heterocycles. The smallest absolute Gasteiger partial charge is 0.407 e. The lowest BCUT2D eigenvalue weighted by Gasteiger charge is -2.31. The lowest BCUT2D eigenvalue weighted by molar-refractivity contribution is -0.0907. The molecule has 0 saturated carbocycles. The molecule has 0 aliphatic carbocycles. The summed E-state index contributed by atoms with van der Waals surface area (Å²) in [6.07, 6.45) is -0.583. The third-order valence-electron chi connectivity index (χ3n) is 9.12. The van der Waals surface area contributed by atoms with Gasteiger partial charge in [0.05, 0.1) is 42.8 Å². The Morgan fingerprint density at radius 2 is 1.75 bits per heavy atom.